The van der Waals surface area contributed by atoms with E-state index in [4.69, 9.17) is 10.00 Å². The molecule has 4 nitrogen and oxygen atoms in total. The van der Waals surface area contributed by atoms with E-state index in [-0.39, 0.29) is 23.2 Å². The lowest BCUT2D eigenvalue weighted by Crippen LogP contribution is -2.44. The molecule has 4 heteroatoms. The average molecular weight is 372 g/mol. The Kier molecular flexibility index (Phi) is 6.21. The van der Waals surface area contributed by atoms with Crippen LogP contribution in [0.2, 0.25) is 0 Å². The minimum Gasteiger partial charge on any atom is -0.374 e. The van der Waals surface area contributed by atoms with Gasteiger partial charge in [-0.05, 0) is 68.1 Å². The molecule has 3 rings (SSSR count). The molecule has 0 radical (unpaired) electrons. The Morgan fingerprint density at radius 2 is 2.00 bits per heavy atom. The summed E-state index contributed by atoms with van der Waals surface area (Å²) in [4.78, 5) is 25.1. The molecule has 3 aliphatic carbocycles. The Hall–Kier alpha value is -1.47. The van der Waals surface area contributed by atoms with Gasteiger partial charge in [-0.3, -0.25) is 9.59 Å². The molecule has 0 heterocycles. The van der Waals surface area contributed by atoms with Crippen LogP contribution < -0.4 is 0 Å². The van der Waals surface area contributed by atoms with E-state index < -0.39 is 0 Å². The highest BCUT2D eigenvalue weighted by Gasteiger charge is 2.53. The lowest BCUT2D eigenvalue weighted by Gasteiger charge is -2.46. The number of carbonyl (C=O) groups excluding carboxylic acids is 2. The molecular weight excluding hydrogens is 338 g/mol. The zero-order chi connectivity index (χ0) is 19.6. The van der Waals surface area contributed by atoms with E-state index in [9.17, 15) is 9.59 Å². The Labute approximate surface area is 163 Å². The fraction of sp³-hybridized carbons (Fsp3) is 0.783. The number of fused-ring (bicyclic) bond motifs is 1. The van der Waals surface area contributed by atoms with Gasteiger partial charge in [0.1, 0.15) is 11.9 Å². The topological polar surface area (TPSA) is 67.2 Å². The largest absolute Gasteiger partial charge is 0.374 e. The molecule has 27 heavy (non-hydrogen) atoms. The predicted octanol–water partition coefficient (Wildman–Crippen LogP) is 4.63. The molecule has 0 aromatic carbocycles. The van der Waals surface area contributed by atoms with Crippen molar-refractivity contribution in [3.8, 4) is 6.07 Å². The molecule has 0 bridgehead atoms. The number of hydrogen-bond acceptors (Lipinski definition) is 4. The van der Waals surface area contributed by atoms with Crippen LogP contribution in [-0.4, -0.2) is 24.8 Å². The number of ether oxygens (including phenoxy) is 1. The van der Waals surface area contributed by atoms with Gasteiger partial charge in [-0.25, -0.2) is 0 Å². The highest BCUT2D eigenvalue weighted by atomic mass is 16.5. The van der Waals surface area contributed by atoms with E-state index in [2.05, 4.69) is 19.9 Å². The first-order valence-corrected chi connectivity index (χ1v) is 10.6. The number of rotatable bonds is 5. The first-order valence-electron chi connectivity index (χ1n) is 10.6. The molecule has 0 saturated heterocycles. The number of methoxy groups -OCH3 is 1. The Bertz CT molecular complexity index is 661. The minimum absolute atomic E-state index is 0.132. The van der Waals surface area contributed by atoms with E-state index in [0.29, 0.717) is 36.4 Å². The molecule has 148 valence electrons. The summed E-state index contributed by atoms with van der Waals surface area (Å²) in [6, 6.07) is 2.20. The standard InChI is InChI=1S/C23H33NO3/c1-4-17-18(8-5-15-6-10-22(27-3)20(25)13-15)19-9-7-16(11-12-24)23(19,2)14-21(17)26/h11,15,17-19,22H,4-10,13-14H2,1-3H3. The van der Waals surface area contributed by atoms with Gasteiger partial charge in [0.05, 0.1) is 6.07 Å². The SMILES string of the molecule is CCC1C(=O)CC2(C)C(=CC#N)CCC2C1CCC1CCC(OC)C(=O)C1. The van der Waals surface area contributed by atoms with Crippen molar-refractivity contribution >= 4 is 11.6 Å². The summed E-state index contributed by atoms with van der Waals surface area (Å²) in [5.74, 6) is 2.08. The van der Waals surface area contributed by atoms with Crippen molar-refractivity contribution in [1.82, 2.24) is 0 Å². The summed E-state index contributed by atoms with van der Waals surface area (Å²) in [6.45, 7) is 4.34. The van der Waals surface area contributed by atoms with Crippen LogP contribution in [0.5, 0.6) is 0 Å². The zero-order valence-electron chi connectivity index (χ0n) is 17.0. The predicted molar refractivity (Wildman–Crippen MR) is 104 cm³/mol. The highest BCUT2D eigenvalue weighted by molar-refractivity contribution is 5.84. The highest BCUT2D eigenvalue weighted by Crippen LogP contribution is 2.59. The third kappa shape index (κ3) is 3.76. The van der Waals surface area contributed by atoms with Gasteiger partial charge < -0.3 is 4.74 Å². The maximum absolute atomic E-state index is 12.9. The molecular formula is C23H33NO3. The van der Waals surface area contributed by atoms with Gasteiger partial charge in [0.25, 0.3) is 0 Å². The van der Waals surface area contributed by atoms with Gasteiger partial charge in [0.15, 0.2) is 5.78 Å². The molecule has 0 aromatic heterocycles. The van der Waals surface area contributed by atoms with Crippen molar-refractivity contribution in [2.24, 2.45) is 29.1 Å². The van der Waals surface area contributed by atoms with Crippen molar-refractivity contribution in [3.63, 3.8) is 0 Å². The number of ketones is 2. The molecule has 0 N–H and O–H groups in total. The second-order valence-electron chi connectivity index (χ2n) is 9.10. The summed E-state index contributed by atoms with van der Waals surface area (Å²) in [5, 5.41) is 9.15. The maximum Gasteiger partial charge on any atom is 0.161 e. The van der Waals surface area contributed by atoms with Crippen LogP contribution in [0.25, 0.3) is 0 Å². The smallest absolute Gasteiger partial charge is 0.161 e. The van der Waals surface area contributed by atoms with E-state index in [1.807, 2.05) is 0 Å². The van der Waals surface area contributed by atoms with E-state index in [1.54, 1.807) is 13.2 Å². The van der Waals surface area contributed by atoms with E-state index in [0.717, 1.165) is 44.9 Å². The molecule has 3 saturated carbocycles. The van der Waals surface area contributed by atoms with Gasteiger partial charge in [-0.1, -0.05) is 19.4 Å². The molecule has 0 amide bonds. The van der Waals surface area contributed by atoms with Crippen LogP contribution in [0.4, 0.5) is 0 Å². The van der Waals surface area contributed by atoms with Crippen molar-refractivity contribution in [1.29, 1.82) is 5.26 Å². The average Bonchev–Trinajstić information content (AvgIpc) is 2.95. The minimum atomic E-state index is -0.210. The van der Waals surface area contributed by atoms with E-state index >= 15 is 0 Å². The van der Waals surface area contributed by atoms with Crippen LogP contribution in [-0.2, 0) is 14.3 Å². The van der Waals surface area contributed by atoms with Crippen LogP contribution in [0.3, 0.4) is 0 Å². The molecule has 0 spiro atoms. The number of nitrogens with zero attached hydrogens (tertiary/aromatic N) is 1. The molecule has 0 aliphatic heterocycles. The van der Waals surface area contributed by atoms with Crippen LogP contribution in [0.15, 0.2) is 11.6 Å². The molecule has 3 fully saturated rings. The Morgan fingerprint density at radius 1 is 1.22 bits per heavy atom. The number of Topliss-reactive ketones (excluding diaryl/α,β-unsaturated/α-hetero) is 2. The fourth-order valence-electron chi connectivity index (χ4n) is 6.33. The van der Waals surface area contributed by atoms with Gasteiger partial charge in [0.2, 0.25) is 0 Å². The molecule has 6 unspecified atom stereocenters. The van der Waals surface area contributed by atoms with Gasteiger partial charge in [0, 0.05) is 31.9 Å². The normalized spacial score (nSPS) is 40.8. The van der Waals surface area contributed by atoms with Gasteiger partial charge in [-0.2, -0.15) is 5.26 Å². The lowest BCUT2D eigenvalue weighted by molar-refractivity contribution is -0.135. The third-order valence-electron chi connectivity index (χ3n) is 7.82. The summed E-state index contributed by atoms with van der Waals surface area (Å²) in [6.07, 6.45) is 9.58. The Balaban J connectivity index is 1.72. The summed E-state index contributed by atoms with van der Waals surface area (Å²) < 4.78 is 5.27. The van der Waals surface area contributed by atoms with E-state index in [1.165, 1.54) is 5.57 Å². The van der Waals surface area contributed by atoms with Crippen LogP contribution in [0.1, 0.15) is 71.6 Å². The fourth-order valence-corrected chi connectivity index (χ4v) is 6.33. The van der Waals surface area contributed by atoms with Crippen molar-refractivity contribution < 1.29 is 14.3 Å². The lowest BCUT2D eigenvalue weighted by atomic mass is 9.57. The van der Waals surface area contributed by atoms with Crippen molar-refractivity contribution in [2.45, 2.75) is 77.7 Å². The Morgan fingerprint density at radius 3 is 2.63 bits per heavy atom. The number of hydrogen-bond donors (Lipinski definition) is 0. The maximum atomic E-state index is 12.9. The van der Waals surface area contributed by atoms with Gasteiger partial charge >= 0.3 is 0 Å². The molecule has 0 aromatic rings. The molecule has 6 atom stereocenters. The van der Waals surface area contributed by atoms with Gasteiger partial charge in [-0.15, -0.1) is 0 Å². The first kappa shape index (κ1) is 20.3. The quantitative estimate of drug-likeness (QED) is 0.661. The van der Waals surface area contributed by atoms with Crippen molar-refractivity contribution in [2.75, 3.05) is 7.11 Å². The monoisotopic (exact) mass is 371 g/mol. The second-order valence-corrected chi connectivity index (χ2v) is 9.10. The summed E-state index contributed by atoms with van der Waals surface area (Å²) in [5.41, 5.74) is 1.05. The first-order chi connectivity index (χ1) is 12.9. The summed E-state index contributed by atoms with van der Waals surface area (Å²) in [7, 11) is 1.62. The summed E-state index contributed by atoms with van der Waals surface area (Å²) >= 11 is 0. The number of carbonyl (C=O) groups is 2. The zero-order valence-corrected chi connectivity index (χ0v) is 17.0. The van der Waals surface area contributed by atoms with Crippen molar-refractivity contribution in [3.05, 3.63) is 11.6 Å². The second kappa shape index (κ2) is 8.27. The molecule has 3 aliphatic rings. The van der Waals surface area contributed by atoms with Crippen LogP contribution in [0, 0.1) is 40.4 Å². The number of allylic oxidation sites excluding steroid dienone is 2. The third-order valence-corrected chi connectivity index (χ3v) is 7.82. The van der Waals surface area contributed by atoms with Crippen LogP contribution >= 0.6 is 0 Å². The number of nitriles is 1.